The van der Waals surface area contributed by atoms with Crippen molar-refractivity contribution in [3.8, 4) is 0 Å². The van der Waals surface area contributed by atoms with Gasteiger partial charge in [0.15, 0.2) is 9.84 Å². The highest BCUT2D eigenvalue weighted by Crippen LogP contribution is 2.25. The first kappa shape index (κ1) is 14.1. The van der Waals surface area contributed by atoms with Crippen molar-refractivity contribution in [3.63, 3.8) is 0 Å². The highest BCUT2D eigenvalue weighted by atomic mass is 127. The van der Waals surface area contributed by atoms with Gasteiger partial charge in [-0.25, -0.2) is 18.4 Å². The lowest BCUT2D eigenvalue weighted by molar-refractivity contribution is 0.599. The van der Waals surface area contributed by atoms with Gasteiger partial charge in [-0.1, -0.05) is 25.4 Å². The molecule has 0 radical (unpaired) electrons. The Labute approximate surface area is 114 Å². The van der Waals surface area contributed by atoms with E-state index in [1.54, 1.807) is 0 Å². The van der Waals surface area contributed by atoms with Gasteiger partial charge in [0.05, 0.1) is 9.26 Å². The van der Waals surface area contributed by atoms with E-state index >= 15 is 0 Å². The zero-order valence-corrected chi connectivity index (χ0v) is 12.9. The van der Waals surface area contributed by atoms with Crippen LogP contribution in [0.25, 0.3) is 0 Å². The first-order chi connectivity index (χ1) is 7.20. The molecule has 4 nitrogen and oxygen atoms in total. The Morgan fingerprint density at radius 2 is 1.94 bits per heavy atom. The third kappa shape index (κ3) is 3.81. The van der Waals surface area contributed by atoms with Crippen LogP contribution in [0.4, 0.5) is 0 Å². The summed E-state index contributed by atoms with van der Waals surface area (Å²) in [6, 6.07) is 0. The quantitative estimate of drug-likeness (QED) is 0.602. The molecule has 0 aromatic carbocycles. The summed E-state index contributed by atoms with van der Waals surface area (Å²) in [5.74, 6) is 0.269. The zero-order chi connectivity index (χ0) is 12.5. The lowest BCUT2D eigenvalue weighted by atomic mass is 10.1. The average molecular weight is 375 g/mol. The molecule has 0 atom stereocenters. The Bertz CT molecular complexity index is 502. The summed E-state index contributed by atoms with van der Waals surface area (Å²) < 4.78 is 23.1. The second kappa shape index (κ2) is 5.14. The van der Waals surface area contributed by atoms with Crippen molar-refractivity contribution in [2.24, 2.45) is 0 Å². The third-order valence-electron chi connectivity index (χ3n) is 1.82. The second-order valence-electron chi connectivity index (χ2n) is 3.85. The first-order valence-electron chi connectivity index (χ1n) is 4.60. The van der Waals surface area contributed by atoms with Gasteiger partial charge < -0.3 is 0 Å². The van der Waals surface area contributed by atoms with E-state index in [0.717, 1.165) is 15.5 Å². The first-order valence-corrected chi connectivity index (χ1v) is 8.12. The van der Waals surface area contributed by atoms with Crippen LogP contribution in [0.5, 0.6) is 0 Å². The minimum absolute atomic E-state index is 0.177. The van der Waals surface area contributed by atoms with Crippen LogP contribution in [-0.2, 0) is 15.6 Å². The minimum atomic E-state index is -3.14. The summed E-state index contributed by atoms with van der Waals surface area (Å²) in [4.78, 5) is 8.20. The largest absolute Gasteiger partial charge is 0.235 e. The molecular formula is C9H12ClIN2O2S. The number of rotatable bonds is 3. The van der Waals surface area contributed by atoms with Crippen molar-refractivity contribution in [2.75, 3.05) is 6.26 Å². The number of aromatic nitrogens is 2. The lowest BCUT2D eigenvalue weighted by Gasteiger charge is -2.10. The van der Waals surface area contributed by atoms with Gasteiger partial charge in [0.25, 0.3) is 0 Å². The maximum atomic E-state index is 11.2. The number of nitrogens with zero attached hydrogens (tertiary/aromatic N) is 2. The van der Waals surface area contributed by atoms with Crippen LogP contribution in [0.15, 0.2) is 0 Å². The molecule has 0 fully saturated rings. The van der Waals surface area contributed by atoms with Gasteiger partial charge in [-0.05, 0) is 28.5 Å². The summed E-state index contributed by atoms with van der Waals surface area (Å²) >= 11 is 8.01. The Morgan fingerprint density at radius 3 is 2.38 bits per heavy atom. The van der Waals surface area contributed by atoms with Crippen molar-refractivity contribution < 1.29 is 8.42 Å². The lowest BCUT2D eigenvalue weighted by Crippen LogP contribution is -2.09. The number of hydrogen-bond acceptors (Lipinski definition) is 4. The molecular weight excluding hydrogens is 363 g/mol. The minimum Gasteiger partial charge on any atom is -0.235 e. The zero-order valence-electron chi connectivity index (χ0n) is 9.16. The fourth-order valence-corrected chi connectivity index (χ4v) is 2.82. The van der Waals surface area contributed by atoms with Crippen LogP contribution in [0.2, 0.25) is 5.15 Å². The van der Waals surface area contributed by atoms with Gasteiger partial charge in [-0.2, -0.15) is 0 Å². The van der Waals surface area contributed by atoms with E-state index in [1.807, 2.05) is 13.8 Å². The van der Waals surface area contributed by atoms with Crippen molar-refractivity contribution >= 4 is 44.0 Å². The maximum absolute atomic E-state index is 11.2. The van der Waals surface area contributed by atoms with Crippen LogP contribution in [0.1, 0.15) is 31.3 Å². The van der Waals surface area contributed by atoms with Crippen LogP contribution in [0, 0.1) is 3.57 Å². The van der Waals surface area contributed by atoms with Gasteiger partial charge in [0.2, 0.25) is 0 Å². The average Bonchev–Trinajstić information content (AvgIpc) is 2.07. The summed E-state index contributed by atoms with van der Waals surface area (Å²) in [6.07, 6.45) is 1.15. The third-order valence-corrected chi connectivity index (χ3v) is 4.26. The molecule has 0 spiro atoms. The van der Waals surface area contributed by atoms with E-state index < -0.39 is 9.84 Å². The Morgan fingerprint density at radius 1 is 1.38 bits per heavy atom. The topological polar surface area (TPSA) is 59.9 Å². The standard InChI is InChI=1S/C9H12ClIN2O2S/c1-5(2)8-7(11)9(10)13-6(12-8)4-16(3,14)15/h5H,4H2,1-3H3. The van der Waals surface area contributed by atoms with Crippen molar-refractivity contribution in [1.29, 1.82) is 0 Å². The molecule has 16 heavy (non-hydrogen) atoms. The Balaban J connectivity index is 3.24. The molecule has 90 valence electrons. The molecule has 1 aromatic heterocycles. The molecule has 0 aliphatic heterocycles. The van der Waals surface area contributed by atoms with Crippen LogP contribution < -0.4 is 0 Å². The normalized spacial score (nSPS) is 12.1. The number of sulfone groups is 1. The molecule has 0 saturated heterocycles. The van der Waals surface area contributed by atoms with Crippen molar-refractivity contribution in [2.45, 2.75) is 25.5 Å². The van der Waals surface area contributed by atoms with E-state index in [1.165, 1.54) is 0 Å². The van der Waals surface area contributed by atoms with E-state index in [4.69, 9.17) is 11.6 Å². The van der Waals surface area contributed by atoms with Gasteiger partial charge in [-0.15, -0.1) is 0 Å². The van der Waals surface area contributed by atoms with E-state index in [0.29, 0.717) is 5.15 Å². The molecule has 0 N–H and O–H groups in total. The van der Waals surface area contributed by atoms with Gasteiger partial charge in [0, 0.05) is 6.26 Å². The van der Waals surface area contributed by atoms with Gasteiger partial charge in [-0.3, -0.25) is 0 Å². The summed E-state index contributed by atoms with van der Waals surface area (Å²) in [5.41, 5.74) is 0.791. The molecule has 0 saturated carbocycles. The molecule has 0 amide bonds. The van der Waals surface area contributed by atoms with E-state index in [-0.39, 0.29) is 17.5 Å². The Kier molecular flexibility index (Phi) is 4.53. The fraction of sp³-hybridized carbons (Fsp3) is 0.556. The SMILES string of the molecule is CC(C)c1nc(CS(C)(=O)=O)nc(Cl)c1I. The molecule has 1 heterocycles. The van der Waals surface area contributed by atoms with Crippen molar-refractivity contribution in [1.82, 2.24) is 9.97 Å². The van der Waals surface area contributed by atoms with Crippen molar-refractivity contribution in [3.05, 3.63) is 20.2 Å². The molecule has 0 unspecified atom stereocenters. The predicted molar refractivity (Wildman–Crippen MR) is 72.4 cm³/mol. The van der Waals surface area contributed by atoms with Crippen LogP contribution in [-0.4, -0.2) is 24.6 Å². The second-order valence-corrected chi connectivity index (χ2v) is 7.43. The molecule has 7 heteroatoms. The molecule has 0 aliphatic rings. The van der Waals surface area contributed by atoms with E-state index in [9.17, 15) is 8.42 Å². The number of hydrogen-bond donors (Lipinski definition) is 0. The van der Waals surface area contributed by atoms with Gasteiger partial charge in [0.1, 0.15) is 16.7 Å². The maximum Gasteiger partial charge on any atom is 0.154 e. The summed E-state index contributed by atoms with van der Waals surface area (Å²) in [7, 11) is -3.14. The van der Waals surface area contributed by atoms with E-state index in [2.05, 4.69) is 32.6 Å². The van der Waals surface area contributed by atoms with Gasteiger partial charge >= 0.3 is 0 Å². The number of halogens is 2. The smallest absolute Gasteiger partial charge is 0.154 e. The summed E-state index contributed by atoms with van der Waals surface area (Å²) in [6.45, 7) is 3.95. The molecule has 0 bridgehead atoms. The fourth-order valence-electron chi connectivity index (χ4n) is 1.16. The highest BCUT2D eigenvalue weighted by molar-refractivity contribution is 14.1. The molecule has 1 rings (SSSR count). The highest BCUT2D eigenvalue weighted by Gasteiger charge is 2.16. The van der Waals surface area contributed by atoms with Crippen LogP contribution in [0.3, 0.4) is 0 Å². The predicted octanol–water partition coefficient (Wildman–Crippen LogP) is 2.40. The summed E-state index contributed by atoms with van der Waals surface area (Å²) in [5, 5.41) is 0.318. The molecule has 0 aliphatic carbocycles. The Hall–Kier alpha value is 0.0500. The molecule has 1 aromatic rings. The monoisotopic (exact) mass is 374 g/mol. The van der Waals surface area contributed by atoms with Crippen LogP contribution >= 0.6 is 34.2 Å².